The molecule has 0 amide bonds. The average Bonchev–Trinajstić information content (AvgIpc) is 2.28. The normalized spacial score (nSPS) is 11.2. The number of carbonyl (C=O) groups is 1. The fourth-order valence-corrected chi connectivity index (χ4v) is 1.75. The molecule has 16 heavy (non-hydrogen) atoms. The highest BCUT2D eigenvalue weighted by atomic mass is 16.5. The Labute approximate surface area is 97.6 Å². The van der Waals surface area contributed by atoms with Crippen LogP contribution in [0.3, 0.4) is 0 Å². The molecule has 0 aliphatic rings. The number of methoxy groups -OCH3 is 1. The lowest BCUT2D eigenvalue weighted by Crippen LogP contribution is -2.27. The van der Waals surface area contributed by atoms with E-state index in [4.69, 9.17) is 4.74 Å². The van der Waals surface area contributed by atoms with Gasteiger partial charge in [-0.1, -0.05) is 31.2 Å². The molecule has 2 nitrogen and oxygen atoms in total. The van der Waals surface area contributed by atoms with Crippen molar-refractivity contribution in [3.8, 4) is 0 Å². The fraction of sp³-hybridized carbons (Fsp3) is 0.500. The van der Waals surface area contributed by atoms with E-state index in [2.05, 4.69) is 31.2 Å². The number of ether oxygens (including phenoxy) is 1. The number of hydrogen-bond acceptors (Lipinski definition) is 2. The van der Waals surface area contributed by atoms with Crippen LogP contribution in [0, 0.1) is 5.41 Å². The minimum absolute atomic E-state index is 0.160. The Balaban J connectivity index is 2.76. The number of aryl methyl sites for hydroxylation is 1. The molecule has 0 bridgehead atoms. The summed E-state index contributed by atoms with van der Waals surface area (Å²) in [6.07, 6.45) is 1.75. The highest BCUT2D eigenvalue weighted by Crippen LogP contribution is 2.23. The Morgan fingerprint density at radius 1 is 1.19 bits per heavy atom. The third-order valence-electron chi connectivity index (χ3n) is 2.82. The number of rotatable bonds is 4. The summed E-state index contributed by atoms with van der Waals surface area (Å²) in [6, 6.07) is 8.40. The summed E-state index contributed by atoms with van der Waals surface area (Å²) in [5, 5.41) is 0. The Hall–Kier alpha value is -1.31. The van der Waals surface area contributed by atoms with Crippen LogP contribution in [-0.2, 0) is 22.4 Å². The highest BCUT2D eigenvalue weighted by molar-refractivity contribution is 5.76. The van der Waals surface area contributed by atoms with Gasteiger partial charge in [0.15, 0.2) is 0 Å². The standard InChI is InChI=1S/C14H20O2/c1-5-11-6-8-12(9-7-11)10-14(2,3)13(15)16-4/h6-9H,5,10H2,1-4H3. The molecule has 0 aliphatic heterocycles. The number of benzene rings is 1. The molecule has 0 atom stereocenters. The number of esters is 1. The summed E-state index contributed by atoms with van der Waals surface area (Å²) in [6.45, 7) is 5.95. The fourth-order valence-electron chi connectivity index (χ4n) is 1.75. The zero-order valence-electron chi connectivity index (χ0n) is 10.5. The Morgan fingerprint density at radius 3 is 2.12 bits per heavy atom. The maximum atomic E-state index is 11.5. The predicted octanol–water partition coefficient (Wildman–Crippen LogP) is 2.99. The van der Waals surface area contributed by atoms with Crippen molar-refractivity contribution >= 4 is 5.97 Å². The smallest absolute Gasteiger partial charge is 0.311 e. The molecule has 0 heterocycles. The van der Waals surface area contributed by atoms with E-state index in [-0.39, 0.29) is 5.97 Å². The van der Waals surface area contributed by atoms with Crippen molar-refractivity contribution in [1.82, 2.24) is 0 Å². The van der Waals surface area contributed by atoms with Gasteiger partial charge in [0.1, 0.15) is 0 Å². The lowest BCUT2D eigenvalue weighted by Gasteiger charge is -2.21. The molecule has 0 unspecified atom stereocenters. The van der Waals surface area contributed by atoms with Crippen molar-refractivity contribution in [3.05, 3.63) is 35.4 Å². The quantitative estimate of drug-likeness (QED) is 0.729. The van der Waals surface area contributed by atoms with Crippen molar-refractivity contribution in [3.63, 3.8) is 0 Å². The van der Waals surface area contributed by atoms with E-state index >= 15 is 0 Å². The molecule has 0 saturated carbocycles. The summed E-state index contributed by atoms with van der Waals surface area (Å²) in [4.78, 5) is 11.5. The van der Waals surface area contributed by atoms with E-state index in [1.54, 1.807) is 0 Å². The van der Waals surface area contributed by atoms with Crippen LogP contribution in [0.2, 0.25) is 0 Å². The molecule has 2 heteroatoms. The van der Waals surface area contributed by atoms with E-state index in [9.17, 15) is 4.79 Å². The average molecular weight is 220 g/mol. The number of hydrogen-bond donors (Lipinski definition) is 0. The zero-order chi connectivity index (χ0) is 12.2. The topological polar surface area (TPSA) is 26.3 Å². The molecule has 88 valence electrons. The zero-order valence-corrected chi connectivity index (χ0v) is 10.5. The van der Waals surface area contributed by atoms with Crippen molar-refractivity contribution < 1.29 is 9.53 Å². The second kappa shape index (κ2) is 5.15. The monoisotopic (exact) mass is 220 g/mol. The summed E-state index contributed by atoms with van der Waals surface area (Å²) >= 11 is 0. The highest BCUT2D eigenvalue weighted by Gasteiger charge is 2.28. The second-order valence-corrected chi connectivity index (χ2v) is 4.72. The maximum absolute atomic E-state index is 11.5. The first-order valence-electron chi connectivity index (χ1n) is 5.66. The SMILES string of the molecule is CCc1ccc(CC(C)(C)C(=O)OC)cc1. The molecule has 0 aromatic heterocycles. The maximum Gasteiger partial charge on any atom is 0.311 e. The van der Waals surface area contributed by atoms with Gasteiger partial charge < -0.3 is 4.74 Å². The molecule has 0 saturated heterocycles. The first-order valence-corrected chi connectivity index (χ1v) is 5.66. The van der Waals surface area contributed by atoms with Gasteiger partial charge in [0.05, 0.1) is 12.5 Å². The van der Waals surface area contributed by atoms with E-state index in [1.807, 2.05) is 13.8 Å². The Bertz CT molecular complexity index is 350. The van der Waals surface area contributed by atoms with Crippen LogP contribution in [0.4, 0.5) is 0 Å². The molecule has 0 spiro atoms. The largest absolute Gasteiger partial charge is 0.469 e. The molecule has 0 N–H and O–H groups in total. The lowest BCUT2D eigenvalue weighted by atomic mass is 9.85. The van der Waals surface area contributed by atoms with Gasteiger partial charge in [0.2, 0.25) is 0 Å². The van der Waals surface area contributed by atoms with Crippen LogP contribution in [0.25, 0.3) is 0 Å². The van der Waals surface area contributed by atoms with Gasteiger partial charge in [-0.2, -0.15) is 0 Å². The van der Waals surface area contributed by atoms with Crippen LogP contribution in [0.5, 0.6) is 0 Å². The van der Waals surface area contributed by atoms with Crippen molar-refractivity contribution in [2.24, 2.45) is 5.41 Å². The molecule has 0 aliphatic carbocycles. The van der Waals surface area contributed by atoms with Crippen LogP contribution >= 0.6 is 0 Å². The van der Waals surface area contributed by atoms with Crippen LogP contribution < -0.4 is 0 Å². The van der Waals surface area contributed by atoms with Crippen LogP contribution in [0.15, 0.2) is 24.3 Å². The van der Waals surface area contributed by atoms with Crippen LogP contribution in [0.1, 0.15) is 31.9 Å². The summed E-state index contributed by atoms with van der Waals surface area (Å²) in [5.74, 6) is -0.160. The van der Waals surface area contributed by atoms with Gasteiger partial charge in [-0.05, 0) is 37.8 Å². The van der Waals surface area contributed by atoms with E-state index in [0.29, 0.717) is 6.42 Å². The predicted molar refractivity (Wildman–Crippen MR) is 65.3 cm³/mol. The third kappa shape index (κ3) is 3.09. The molecule has 1 rings (SSSR count). The molecule has 0 fully saturated rings. The van der Waals surface area contributed by atoms with Gasteiger partial charge in [-0.15, -0.1) is 0 Å². The van der Waals surface area contributed by atoms with Gasteiger partial charge in [-0.3, -0.25) is 4.79 Å². The van der Waals surface area contributed by atoms with Crippen molar-refractivity contribution in [2.75, 3.05) is 7.11 Å². The van der Waals surface area contributed by atoms with E-state index in [0.717, 1.165) is 6.42 Å². The van der Waals surface area contributed by atoms with Crippen molar-refractivity contribution in [2.45, 2.75) is 33.6 Å². The lowest BCUT2D eigenvalue weighted by molar-refractivity contribution is -0.150. The van der Waals surface area contributed by atoms with Crippen LogP contribution in [-0.4, -0.2) is 13.1 Å². The van der Waals surface area contributed by atoms with Gasteiger partial charge in [-0.25, -0.2) is 0 Å². The van der Waals surface area contributed by atoms with Gasteiger partial charge in [0, 0.05) is 0 Å². The molecule has 1 aromatic carbocycles. The summed E-state index contributed by atoms with van der Waals surface area (Å²) in [5.41, 5.74) is 2.04. The second-order valence-electron chi connectivity index (χ2n) is 4.72. The third-order valence-corrected chi connectivity index (χ3v) is 2.82. The van der Waals surface area contributed by atoms with Gasteiger partial charge >= 0.3 is 5.97 Å². The first kappa shape index (κ1) is 12.8. The molecular weight excluding hydrogens is 200 g/mol. The molecule has 1 aromatic rings. The minimum Gasteiger partial charge on any atom is -0.469 e. The minimum atomic E-state index is -0.456. The first-order chi connectivity index (χ1) is 7.49. The Kier molecular flexibility index (Phi) is 4.11. The summed E-state index contributed by atoms with van der Waals surface area (Å²) < 4.78 is 4.79. The molecule has 0 radical (unpaired) electrons. The molecular formula is C14H20O2. The van der Waals surface area contributed by atoms with Gasteiger partial charge in [0.25, 0.3) is 0 Å². The van der Waals surface area contributed by atoms with E-state index in [1.165, 1.54) is 18.2 Å². The van der Waals surface area contributed by atoms with Crippen molar-refractivity contribution in [1.29, 1.82) is 0 Å². The summed E-state index contributed by atoms with van der Waals surface area (Å²) in [7, 11) is 1.43. The number of carbonyl (C=O) groups excluding carboxylic acids is 1. The van der Waals surface area contributed by atoms with E-state index < -0.39 is 5.41 Å². The Morgan fingerprint density at radius 2 is 1.69 bits per heavy atom.